The van der Waals surface area contributed by atoms with E-state index >= 15 is 0 Å². The van der Waals surface area contributed by atoms with E-state index in [1.54, 1.807) is 24.5 Å². The molecule has 0 atom stereocenters. The van der Waals surface area contributed by atoms with E-state index in [-0.39, 0.29) is 5.56 Å². The van der Waals surface area contributed by atoms with Gasteiger partial charge in [0.2, 0.25) is 0 Å². The molecule has 5 rings (SSSR count). The predicted molar refractivity (Wildman–Crippen MR) is 117 cm³/mol. The summed E-state index contributed by atoms with van der Waals surface area (Å²) in [4.78, 5) is 40.4. The SMILES string of the molecule is O=C(/C=C/c1nc2ccccc2[nH]1)c1c(-c2ccccc2)c2ccncc2[nH]c1=O. The van der Waals surface area contributed by atoms with Crippen LogP contribution in [0.25, 0.3) is 39.1 Å². The molecule has 0 aliphatic rings. The molecule has 5 aromatic rings. The summed E-state index contributed by atoms with van der Waals surface area (Å²) >= 11 is 0. The third-order valence-electron chi connectivity index (χ3n) is 4.92. The number of hydrogen-bond donors (Lipinski definition) is 2. The van der Waals surface area contributed by atoms with E-state index < -0.39 is 11.3 Å². The van der Waals surface area contributed by atoms with Gasteiger partial charge in [-0.3, -0.25) is 14.6 Å². The van der Waals surface area contributed by atoms with E-state index in [4.69, 9.17) is 0 Å². The number of hydrogen-bond acceptors (Lipinski definition) is 4. The summed E-state index contributed by atoms with van der Waals surface area (Å²) in [5.74, 6) is 0.154. The fraction of sp³-hybridized carbons (Fsp3) is 0. The maximum Gasteiger partial charge on any atom is 0.260 e. The number of benzene rings is 2. The van der Waals surface area contributed by atoms with Crippen molar-refractivity contribution in [3.8, 4) is 11.1 Å². The molecule has 0 aliphatic heterocycles. The first-order valence-electron chi connectivity index (χ1n) is 9.43. The quantitative estimate of drug-likeness (QED) is 0.351. The van der Waals surface area contributed by atoms with Crippen LogP contribution in [0.15, 0.2) is 83.9 Å². The van der Waals surface area contributed by atoms with Gasteiger partial charge in [0, 0.05) is 17.1 Å². The number of carbonyl (C=O) groups is 1. The van der Waals surface area contributed by atoms with Crippen molar-refractivity contribution in [3.05, 3.63) is 101 Å². The average molecular weight is 392 g/mol. The van der Waals surface area contributed by atoms with E-state index in [1.807, 2.05) is 54.6 Å². The second-order valence-electron chi connectivity index (χ2n) is 6.83. The zero-order chi connectivity index (χ0) is 20.5. The number of allylic oxidation sites excluding steroid dienone is 1. The zero-order valence-electron chi connectivity index (χ0n) is 15.8. The van der Waals surface area contributed by atoms with Crippen molar-refractivity contribution in [2.45, 2.75) is 0 Å². The maximum atomic E-state index is 13.1. The molecule has 0 saturated heterocycles. The minimum Gasteiger partial charge on any atom is -0.338 e. The highest BCUT2D eigenvalue weighted by Gasteiger charge is 2.19. The van der Waals surface area contributed by atoms with Crippen molar-refractivity contribution < 1.29 is 4.79 Å². The summed E-state index contributed by atoms with van der Waals surface area (Å²) in [6.07, 6.45) is 6.20. The highest BCUT2D eigenvalue weighted by molar-refractivity contribution is 6.14. The second kappa shape index (κ2) is 7.25. The van der Waals surface area contributed by atoms with Crippen LogP contribution in [0.3, 0.4) is 0 Å². The Morgan fingerprint density at radius 1 is 0.900 bits per heavy atom. The predicted octanol–water partition coefficient (Wildman–Crippen LogP) is 4.36. The standard InChI is InChI=1S/C24H16N4O2/c29-20(10-11-21-26-17-8-4-5-9-18(17)27-21)23-22(15-6-2-1-3-7-15)16-12-13-25-14-19(16)28-24(23)30/h1-14H,(H,26,27)(H,28,30)/b11-10+. The molecule has 0 amide bonds. The number of nitrogens with zero attached hydrogens (tertiary/aromatic N) is 2. The minimum atomic E-state index is -0.450. The van der Waals surface area contributed by atoms with Gasteiger partial charge in [0.25, 0.3) is 5.56 Å². The fourth-order valence-corrected chi connectivity index (χ4v) is 3.57. The molecule has 0 saturated carbocycles. The smallest absolute Gasteiger partial charge is 0.260 e. The number of aromatic nitrogens is 4. The Morgan fingerprint density at radius 2 is 1.70 bits per heavy atom. The normalized spacial score (nSPS) is 11.5. The number of pyridine rings is 2. The molecule has 3 heterocycles. The Balaban J connectivity index is 1.65. The fourth-order valence-electron chi connectivity index (χ4n) is 3.57. The van der Waals surface area contributed by atoms with Gasteiger partial charge in [-0.1, -0.05) is 42.5 Å². The summed E-state index contributed by atoms with van der Waals surface area (Å²) < 4.78 is 0. The van der Waals surface area contributed by atoms with Gasteiger partial charge in [-0.2, -0.15) is 0 Å². The number of fused-ring (bicyclic) bond motifs is 2. The third-order valence-corrected chi connectivity index (χ3v) is 4.92. The Labute approximate surface area is 171 Å². The van der Waals surface area contributed by atoms with Crippen LogP contribution in [0.4, 0.5) is 0 Å². The van der Waals surface area contributed by atoms with Crippen molar-refractivity contribution in [2.24, 2.45) is 0 Å². The Bertz CT molecular complexity index is 1450. The van der Waals surface area contributed by atoms with Gasteiger partial charge in [-0.05, 0) is 35.9 Å². The summed E-state index contributed by atoms with van der Waals surface area (Å²) in [5, 5.41) is 0.760. The van der Waals surface area contributed by atoms with E-state index in [0.717, 1.165) is 22.0 Å². The van der Waals surface area contributed by atoms with E-state index in [9.17, 15) is 9.59 Å². The van der Waals surface area contributed by atoms with Crippen molar-refractivity contribution >= 4 is 33.8 Å². The number of rotatable bonds is 4. The Kier molecular flexibility index (Phi) is 4.29. The van der Waals surface area contributed by atoms with Crippen LogP contribution >= 0.6 is 0 Å². The highest BCUT2D eigenvalue weighted by atomic mass is 16.1. The summed E-state index contributed by atoms with van der Waals surface area (Å²) in [7, 11) is 0. The van der Waals surface area contributed by atoms with Crippen molar-refractivity contribution in [1.82, 2.24) is 19.9 Å². The van der Waals surface area contributed by atoms with Crippen molar-refractivity contribution in [2.75, 3.05) is 0 Å². The first-order chi connectivity index (χ1) is 14.7. The first kappa shape index (κ1) is 17.8. The Morgan fingerprint density at radius 3 is 2.53 bits per heavy atom. The van der Waals surface area contributed by atoms with Gasteiger partial charge >= 0.3 is 0 Å². The summed E-state index contributed by atoms with van der Waals surface area (Å²) in [6, 6.07) is 18.8. The number of para-hydroxylation sites is 2. The number of H-pyrrole nitrogens is 2. The van der Waals surface area contributed by atoms with Crippen LogP contribution in [-0.4, -0.2) is 25.7 Å². The molecule has 144 valence electrons. The number of carbonyl (C=O) groups excluding carboxylic acids is 1. The van der Waals surface area contributed by atoms with Gasteiger partial charge < -0.3 is 9.97 Å². The Hall–Kier alpha value is -4.32. The lowest BCUT2D eigenvalue weighted by molar-refractivity contribution is 0.104. The number of imidazole rings is 1. The maximum absolute atomic E-state index is 13.1. The highest BCUT2D eigenvalue weighted by Crippen LogP contribution is 2.29. The van der Waals surface area contributed by atoms with Gasteiger partial charge in [0.05, 0.1) is 28.3 Å². The monoisotopic (exact) mass is 392 g/mol. The molecular weight excluding hydrogens is 376 g/mol. The molecule has 0 spiro atoms. The molecule has 3 aromatic heterocycles. The third kappa shape index (κ3) is 3.10. The largest absolute Gasteiger partial charge is 0.338 e. The molecule has 2 aromatic carbocycles. The molecular formula is C24H16N4O2. The van der Waals surface area contributed by atoms with Crippen molar-refractivity contribution in [3.63, 3.8) is 0 Å². The second-order valence-corrected chi connectivity index (χ2v) is 6.83. The van der Waals surface area contributed by atoms with E-state index in [1.165, 1.54) is 6.08 Å². The molecule has 6 nitrogen and oxygen atoms in total. The molecule has 0 fully saturated rings. The minimum absolute atomic E-state index is 0.0901. The van der Waals surface area contributed by atoms with Gasteiger partial charge in [0.1, 0.15) is 5.82 Å². The summed E-state index contributed by atoms with van der Waals surface area (Å²) in [5.41, 5.74) is 3.30. The van der Waals surface area contributed by atoms with Crippen LogP contribution in [0.2, 0.25) is 0 Å². The van der Waals surface area contributed by atoms with Crippen LogP contribution < -0.4 is 5.56 Å². The van der Waals surface area contributed by atoms with Crippen molar-refractivity contribution in [1.29, 1.82) is 0 Å². The van der Waals surface area contributed by atoms with Crippen LogP contribution in [0.1, 0.15) is 16.2 Å². The number of aromatic amines is 2. The van der Waals surface area contributed by atoms with Crippen LogP contribution in [0, 0.1) is 0 Å². The average Bonchev–Trinajstić information content (AvgIpc) is 3.20. The molecule has 2 N–H and O–H groups in total. The topological polar surface area (TPSA) is 91.5 Å². The lowest BCUT2D eigenvalue weighted by Gasteiger charge is -2.10. The van der Waals surface area contributed by atoms with Gasteiger partial charge in [-0.15, -0.1) is 0 Å². The van der Waals surface area contributed by atoms with Gasteiger partial charge in [-0.25, -0.2) is 4.98 Å². The molecule has 0 aliphatic carbocycles. The zero-order valence-corrected chi connectivity index (χ0v) is 15.8. The van der Waals surface area contributed by atoms with Crippen LogP contribution in [0.5, 0.6) is 0 Å². The molecule has 0 bridgehead atoms. The lowest BCUT2D eigenvalue weighted by atomic mass is 9.94. The molecule has 0 radical (unpaired) electrons. The van der Waals surface area contributed by atoms with Crippen LogP contribution in [-0.2, 0) is 0 Å². The number of nitrogens with one attached hydrogen (secondary N) is 2. The lowest BCUT2D eigenvalue weighted by Crippen LogP contribution is -2.18. The molecule has 0 unspecified atom stereocenters. The molecule has 6 heteroatoms. The van der Waals surface area contributed by atoms with E-state index in [0.29, 0.717) is 16.9 Å². The number of ketones is 1. The first-order valence-corrected chi connectivity index (χ1v) is 9.43. The van der Waals surface area contributed by atoms with E-state index in [2.05, 4.69) is 19.9 Å². The molecule has 30 heavy (non-hydrogen) atoms. The summed E-state index contributed by atoms with van der Waals surface area (Å²) in [6.45, 7) is 0. The van der Waals surface area contributed by atoms with Gasteiger partial charge in [0.15, 0.2) is 5.78 Å².